The van der Waals surface area contributed by atoms with Gasteiger partial charge in [-0.1, -0.05) is 35.3 Å². The summed E-state index contributed by atoms with van der Waals surface area (Å²) in [5.74, 6) is 0.636. The van der Waals surface area contributed by atoms with E-state index in [-0.39, 0.29) is 0 Å². The highest BCUT2D eigenvalue weighted by Crippen LogP contribution is 2.27. The fourth-order valence-corrected chi connectivity index (χ4v) is 2.98. The Labute approximate surface area is 156 Å². The van der Waals surface area contributed by atoms with Crippen LogP contribution < -0.4 is 4.74 Å². The lowest BCUT2D eigenvalue weighted by atomic mass is 10.2. The molecule has 0 amide bonds. The number of nitriles is 1. The Morgan fingerprint density at radius 1 is 1.12 bits per heavy atom. The number of hydrogen-bond acceptors (Lipinski definition) is 3. The predicted molar refractivity (Wildman–Crippen MR) is 98.5 cm³/mol. The van der Waals surface area contributed by atoms with Crippen molar-refractivity contribution in [3.05, 3.63) is 75.0 Å². The van der Waals surface area contributed by atoms with Crippen molar-refractivity contribution >= 4 is 23.2 Å². The van der Waals surface area contributed by atoms with Crippen LogP contribution in [0.15, 0.2) is 42.5 Å². The molecular formula is C19H15Cl2N3O. The highest BCUT2D eigenvalue weighted by molar-refractivity contribution is 6.32. The second-order valence-electron chi connectivity index (χ2n) is 5.56. The molecule has 0 atom stereocenters. The quantitative estimate of drug-likeness (QED) is 0.629. The molecule has 1 aromatic heterocycles. The molecule has 2 aromatic carbocycles. The molecule has 0 N–H and O–H groups in total. The van der Waals surface area contributed by atoms with Gasteiger partial charge in [-0.2, -0.15) is 10.4 Å². The number of hydrogen-bond donors (Lipinski definition) is 0. The minimum absolute atomic E-state index is 0.366. The summed E-state index contributed by atoms with van der Waals surface area (Å²) in [6.45, 7) is 4.27. The van der Waals surface area contributed by atoms with E-state index >= 15 is 0 Å². The van der Waals surface area contributed by atoms with Gasteiger partial charge >= 0.3 is 0 Å². The molecule has 0 fully saturated rings. The molecule has 0 aliphatic carbocycles. The molecule has 0 aliphatic heterocycles. The molecule has 6 heteroatoms. The van der Waals surface area contributed by atoms with Crippen molar-refractivity contribution in [2.45, 2.75) is 20.5 Å². The van der Waals surface area contributed by atoms with Crippen molar-refractivity contribution in [2.75, 3.05) is 0 Å². The van der Waals surface area contributed by atoms with E-state index in [2.05, 4.69) is 11.2 Å². The SMILES string of the molecule is Cc1nn(-c2ccc(C#N)c(Cl)c2)c(C)c1COc1ccccc1Cl. The van der Waals surface area contributed by atoms with Crippen molar-refractivity contribution < 1.29 is 4.74 Å². The van der Waals surface area contributed by atoms with Gasteiger partial charge in [0.15, 0.2) is 0 Å². The van der Waals surface area contributed by atoms with Crippen molar-refractivity contribution in [3.63, 3.8) is 0 Å². The average Bonchev–Trinajstić information content (AvgIpc) is 2.88. The van der Waals surface area contributed by atoms with E-state index in [0.29, 0.717) is 28.0 Å². The van der Waals surface area contributed by atoms with Gasteiger partial charge in [-0.15, -0.1) is 0 Å². The van der Waals surface area contributed by atoms with Crippen LogP contribution in [0.2, 0.25) is 10.0 Å². The van der Waals surface area contributed by atoms with Crippen molar-refractivity contribution in [1.29, 1.82) is 5.26 Å². The number of ether oxygens (including phenoxy) is 1. The summed E-state index contributed by atoms with van der Waals surface area (Å²) in [4.78, 5) is 0. The maximum absolute atomic E-state index is 9.00. The van der Waals surface area contributed by atoms with Crippen molar-refractivity contribution in [3.8, 4) is 17.5 Å². The van der Waals surface area contributed by atoms with E-state index < -0.39 is 0 Å². The molecule has 4 nitrogen and oxygen atoms in total. The van der Waals surface area contributed by atoms with Gasteiger partial charge < -0.3 is 4.74 Å². The largest absolute Gasteiger partial charge is 0.487 e. The first kappa shape index (κ1) is 17.3. The summed E-state index contributed by atoms with van der Waals surface area (Å²) in [6, 6.07) is 14.7. The average molecular weight is 372 g/mol. The number of rotatable bonds is 4. The minimum Gasteiger partial charge on any atom is -0.487 e. The van der Waals surface area contributed by atoms with Crippen LogP contribution in [0.5, 0.6) is 5.75 Å². The maximum atomic E-state index is 9.00. The van der Waals surface area contributed by atoms with Crippen LogP contribution >= 0.6 is 23.2 Å². The van der Waals surface area contributed by atoms with Crippen molar-refractivity contribution in [1.82, 2.24) is 9.78 Å². The second-order valence-corrected chi connectivity index (χ2v) is 6.37. The zero-order valence-corrected chi connectivity index (χ0v) is 15.3. The van der Waals surface area contributed by atoms with Crippen LogP contribution in [-0.2, 0) is 6.61 Å². The van der Waals surface area contributed by atoms with Gasteiger partial charge in [-0.3, -0.25) is 0 Å². The highest BCUT2D eigenvalue weighted by atomic mass is 35.5. The maximum Gasteiger partial charge on any atom is 0.138 e. The van der Waals surface area contributed by atoms with E-state index in [0.717, 1.165) is 22.6 Å². The Kier molecular flexibility index (Phi) is 4.98. The number of aryl methyl sites for hydroxylation is 1. The van der Waals surface area contributed by atoms with Gasteiger partial charge in [0.2, 0.25) is 0 Å². The summed E-state index contributed by atoms with van der Waals surface area (Å²) >= 11 is 12.3. The Bertz CT molecular complexity index is 973. The fourth-order valence-electron chi connectivity index (χ4n) is 2.57. The number of para-hydroxylation sites is 1. The standard InChI is InChI=1S/C19H15Cl2N3O/c1-12-16(11-25-19-6-4-3-5-17(19)20)13(2)24(23-12)15-8-7-14(10-22)18(21)9-15/h3-9H,11H2,1-2H3. The molecule has 0 aliphatic rings. The van der Waals surface area contributed by atoms with Gasteiger partial charge in [-0.05, 0) is 44.2 Å². The Morgan fingerprint density at radius 2 is 1.88 bits per heavy atom. The molecule has 0 bridgehead atoms. The van der Waals surface area contributed by atoms with Crippen LogP contribution in [-0.4, -0.2) is 9.78 Å². The van der Waals surface area contributed by atoms with E-state index in [1.807, 2.05) is 38.1 Å². The predicted octanol–water partition coefficient (Wildman–Crippen LogP) is 5.25. The molecule has 0 spiro atoms. The van der Waals surface area contributed by atoms with Crippen LogP contribution in [0.1, 0.15) is 22.5 Å². The zero-order valence-electron chi connectivity index (χ0n) is 13.8. The van der Waals surface area contributed by atoms with E-state index in [9.17, 15) is 0 Å². The monoisotopic (exact) mass is 371 g/mol. The smallest absolute Gasteiger partial charge is 0.138 e. The van der Waals surface area contributed by atoms with E-state index in [4.69, 9.17) is 33.2 Å². The Balaban J connectivity index is 1.90. The second kappa shape index (κ2) is 7.18. The lowest BCUT2D eigenvalue weighted by Crippen LogP contribution is -2.02. The Hall–Kier alpha value is -2.48. The molecule has 0 saturated carbocycles. The topological polar surface area (TPSA) is 50.8 Å². The number of aromatic nitrogens is 2. The Morgan fingerprint density at radius 3 is 2.56 bits per heavy atom. The van der Waals surface area contributed by atoms with Gasteiger partial charge in [0.1, 0.15) is 18.4 Å². The summed E-state index contributed by atoms with van der Waals surface area (Å²) < 4.78 is 7.64. The van der Waals surface area contributed by atoms with Crippen LogP contribution in [0.3, 0.4) is 0 Å². The summed E-state index contributed by atoms with van der Waals surface area (Å²) in [7, 11) is 0. The first-order valence-corrected chi connectivity index (χ1v) is 8.39. The summed E-state index contributed by atoms with van der Waals surface area (Å²) in [6.07, 6.45) is 0. The van der Waals surface area contributed by atoms with E-state index in [1.54, 1.807) is 22.9 Å². The molecule has 0 radical (unpaired) electrons. The number of halogens is 2. The van der Waals surface area contributed by atoms with Crippen LogP contribution in [0, 0.1) is 25.2 Å². The lowest BCUT2D eigenvalue weighted by molar-refractivity contribution is 0.305. The molecule has 1 heterocycles. The van der Waals surface area contributed by atoms with Gasteiger partial charge in [-0.25, -0.2) is 4.68 Å². The van der Waals surface area contributed by atoms with Crippen molar-refractivity contribution in [2.24, 2.45) is 0 Å². The normalized spacial score (nSPS) is 10.5. The van der Waals surface area contributed by atoms with Gasteiger partial charge in [0.25, 0.3) is 0 Å². The summed E-state index contributed by atoms with van der Waals surface area (Å²) in [5, 5.41) is 14.6. The van der Waals surface area contributed by atoms with Gasteiger partial charge in [0.05, 0.1) is 27.0 Å². The third kappa shape index (κ3) is 3.48. The van der Waals surface area contributed by atoms with Crippen LogP contribution in [0.25, 0.3) is 5.69 Å². The zero-order chi connectivity index (χ0) is 18.0. The number of nitrogens with zero attached hydrogens (tertiary/aromatic N) is 3. The van der Waals surface area contributed by atoms with E-state index in [1.165, 1.54) is 0 Å². The summed E-state index contributed by atoms with van der Waals surface area (Å²) in [5.41, 5.74) is 4.04. The van der Waals surface area contributed by atoms with Crippen LogP contribution in [0.4, 0.5) is 0 Å². The highest BCUT2D eigenvalue weighted by Gasteiger charge is 2.15. The molecular weight excluding hydrogens is 357 g/mol. The minimum atomic E-state index is 0.366. The lowest BCUT2D eigenvalue weighted by Gasteiger charge is -2.09. The molecule has 3 rings (SSSR count). The first-order chi connectivity index (χ1) is 12.0. The molecule has 0 unspecified atom stereocenters. The third-order valence-electron chi connectivity index (χ3n) is 3.97. The van der Waals surface area contributed by atoms with Gasteiger partial charge in [0, 0.05) is 11.3 Å². The molecule has 3 aromatic rings. The molecule has 0 saturated heterocycles. The fraction of sp³-hybridized carbons (Fsp3) is 0.158. The molecule has 126 valence electrons. The number of benzene rings is 2. The first-order valence-electron chi connectivity index (χ1n) is 7.63. The molecule has 25 heavy (non-hydrogen) atoms. The third-order valence-corrected chi connectivity index (χ3v) is 4.59.